The van der Waals surface area contributed by atoms with E-state index in [-0.39, 0.29) is 0 Å². The van der Waals surface area contributed by atoms with Gasteiger partial charge in [-0.3, -0.25) is 0 Å². The third-order valence-corrected chi connectivity index (χ3v) is 8.78. The summed E-state index contributed by atoms with van der Waals surface area (Å²) in [5, 5.41) is 5.42. The molecule has 33 heavy (non-hydrogen) atoms. The van der Waals surface area contributed by atoms with E-state index in [2.05, 4.69) is 53.6 Å². The molecule has 1 aromatic heterocycles. The number of hydrogen-bond acceptors (Lipinski definition) is 5. The molecule has 2 heterocycles. The van der Waals surface area contributed by atoms with E-state index in [9.17, 15) is 8.42 Å². The predicted molar refractivity (Wildman–Crippen MR) is 137 cm³/mol. The monoisotopic (exact) mass is 468 g/mol. The molecular weight excluding hydrogens is 432 g/mol. The van der Waals surface area contributed by atoms with E-state index in [0.29, 0.717) is 9.79 Å². The van der Waals surface area contributed by atoms with Gasteiger partial charge in [-0.25, -0.2) is 8.42 Å². The average molecular weight is 469 g/mol. The zero-order valence-electron chi connectivity index (χ0n) is 20.3. The molecule has 0 spiro atoms. The lowest BCUT2D eigenvalue weighted by molar-refractivity contribution is 0.291. The fraction of sp³-hybridized carbons (Fsp3) is 0.462. The van der Waals surface area contributed by atoms with Crippen LogP contribution >= 0.6 is 0 Å². The summed E-state index contributed by atoms with van der Waals surface area (Å²) < 4.78 is 29.3. The van der Waals surface area contributed by atoms with Crippen molar-refractivity contribution in [2.45, 2.75) is 44.0 Å². The van der Waals surface area contributed by atoms with E-state index in [0.717, 1.165) is 80.1 Å². The Labute approximate surface area is 198 Å². The summed E-state index contributed by atoms with van der Waals surface area (Å²) in [5.74, 6) is 0. The van der Waals surface area contributed by atoms with Crippen molar-refractivity contribution in [3.8, 4) is 11.3 Å². The molecule has 1 aliphatic rings. The number of aromatic nitrogens is 1. The summed E-state index contributed by atoms with van der Waals surface area (Å²) in [7, 11) is -3.55. The van der Waals surface area contributed by atoms with Crippen LogP contribution in [0.1, 0.15) is 27.7 Å². The van der Waals surface area contributed by atoms with Crippen LogP contribution in [-0.4, -0.2) is 68.6 Å². The highest BCUT2D eigenvalue weighted by Crippen LogP contribution is 2.46. The third-order valence-electron chi connectivity index (χ3n) is 6.93. The minimum atomic E-state index is -3.55. The van der Waals surface area contributed by atoms with Gasteiger partial charge in [-0.2, -0.15) is 0 Å². The van der Waals surface area contributed by atoms with Crippen molar-refractivity contribution in [1.29, 1.82) is 0 Å². The largest absolute Gasteiger partial charge is 0.383 e. The predicted octanol–water partition coefficient (Wildman–Crippen LogP) is 4.55. The summed E-state index contributed by atoms with van der Waals surface area (Å²) >= 11 is 0. The molecule has 1 N–H and O–H groups in total. The summed E-state index contributed by atoms with van der Waals surface area (Å²) in [4.78, 5) is 5.60. The molecule has 7 heteroatoms. The summed E-state index contributed by atoms with van der Waals surface area (Å²) in [6.45, 7) is 16.3. The number of nitrogens with one attached hydrogen (secondary N) is 1. The van der Waals surface area contributed by atoms with Gasteiger partial charge in [0.2, 0.25) is 9.84 Å². The molecule has 0 saturated carbocycles. The lowest BCUT2D eigenvalue weighted by atomic mass is 10.1. The SMILES string of the molecule is CCN(CC)CCNc1ccc2c3c(n(CCN(CC)CC)cc13)-c1ccccc1S2(=O)=O. The smallest absolute Gasteiger partial charge is 0.207 e. The summed E-state index contributed by atoms with van der Waals surface area (Å²) in [6, 6.07) is 11.1. The van der Waals surface area contributed by atoms with Crippen molar-refractivity contribution in [2.24, 2.45) is 0 Å². The van der Waals surface area contributed by atoms with Crippen LogP contribution in [0.25, 0.3) is 22.0 Å². The van der Waals surface area contributed by atoms with Gasteiger partial charge in [0.25, 0.3) is 0 Å². The Kier molecular flexibility index (Phi) is 7.12. The van der Waals surface area contributed by atoms with Gasteiger partial charge < -0.3 is 19.7 Å². The molecule has 0 aliphatic carbocycles. The molecule has 1 aliphatic heterocycles. The quantitative estimate of drug-likeness (QED) is 0.350. The second-order valence-corrected chi connectivity index (χ2v) is 10.4. The number of fused-ring (bicyclic) bond motifs is 2. The summed E-state index contributed by atoms with van der Waals surface area (Å²) in [5.41, 5.74) is 2.82. The minimum Gasteiger partial charge on any atom is -0.383 e. The van der Waals surface area contributed by atoms with Crippen LogP contribution in [0, 0.1) is 0 Å². The van der Waals surface area contributed by atoms with Crippen LogP contribution in [-0.2, 0) is 16.4 Å². The molecule has 2 aromatic carbocycles. The minimum absolute atomic E-state index is 0.406. The molecule has 6 nitrogen and oxygen atoms in total. The normalized spacial score (nSPS) is 14.2. The Bertz CT molecular complexity index is 1220. The molecule has 0 bridgehead atoms. The lowest BCUT2D eigenvalue weighted by Crippen LogP contribution is -2.28. The number of rotatable bonds is 11. The molecule has 0 atom stereocenters. The van der Waals surface area contributed by atoms with Gasteiger partial charge >= 0.3 is 0 Å². The average Bonchev–Trinajstić information content (AvgIpc) is 3.21. The number of sulfone groups is 1. The van der Waals surface area contributed by atoms with Crippen molar-refractivity contribution in [2.75, 3.05) is 51.1 Å². The van der Waals surface area contributed by atoms with Gasteiger partial charge in [0.05, 0.1) is 15.5 Å². The fourth-order valence-electron chi connectivity index (χ4n) is 4.88. The third kappa shape index (κ3) is 4.29. The van der Waals surface area contributed by atoms with Crippen molar-refractivity contribution >= 4 is 26.3 Å². The molecule has 0 unspecified atom stereocenters. The maximum atomic E-state index is 13.5. The standard InChI is InChI=1S/C26H36N4O2S/c1-5-28(6-2)16-15-27-22-13-14-24-25-21(22)19-30(18-17-29(7-3)8-4)26(25)20-11-9-10-12-23(20)33(24,31)32/h9-14,19,27H,5-8,15-18H2,1-4H3. The molecule has 0 radical (unpaired) electrons. The topological polar surface area (TPSA) is 57.6 Å². The Morgan fingerprint density at radius 1 is 0.848 bits per heavy atom. The highest BCUT2D eigenvalue weighted by atomic mass is 32.2. The number of benzene rings is 2. The van der Waals surface area contributed by atoms with E-state index >= 15 is 0 Å². The molecule has 178 valence electrons. The highest BCUT2D eigenvalue weighted by Gasteiger charge is 2.33. The van der Waals surface area contributed by atoms with Crippen LogP contribution < -0.4 is 5.32 Å². The Balaban J connectivity index is 1.82. The Hall–Kier alpha value is -2.35. The molecular formula is C26H36N4O2S. The van der Waals surface area contributed by atoms with Crippen molar-refractivity contribution in [3.05, 3.63) is 42.6 Å². The molecule has 3 aromatic rings. The number of nitrogens with zero attached hydrogens (tertiary/aromatic N) is 3. The molecule has 0 saturated heterocycles. The van der Waals surface area contributed by atoms with E-state index in [4.69, 9.17) is 0 Å². The zero-order chi connectivity index (χ0) is 23.6. The van der Waals surface area contributed by atoms with Gasteiger partial charge in [0.15, 0.2) is 0 Å². The number of anilines is 1. The lowest BCUT2D eigenvalue weighted by Gasteiger charge is -2.22. The second-order valence-electron chi connectivity index (χ2n) is 8.55. The summed E-state index contributed by atoms with van der Waals surface area (Å²) in [6.07, 6.45) is 2.15. The van der Waals surface area contributed by atoms with Crippen LogP contribution in [0.5, 0.6) is 0 Å². The molecule has 0 amide bonds. The van der Waals surface area contributed by atoms with Crippen molar-refractivity contribution < 1.29 is 8.42 Å². The number of likely N-dealkylation sites (N-methyl/N-ethyl adjacent to an activating group) is 2. The Morgan fingerprint density at radius 3 is 2.21 bits per heavy atom. The molecule has 4 rings (SSSR count). The van der Waals surface area contributed by atoms with E-state index in [1.54, 1.807) is 12.1 Å². The Morgan fingerprint density at radius 2 is 1.52 bits per heavy atom. The maximum Gasteiger partial charge on any atom is 0.207 e. The molecule has 0 fully saturated rings. The first-order valence-electron chi connectivity index (χ1n) is 12.1. The number of hydrogen-bond donors (Lipinski definition) is 1. The first-order valence-corrected chi connectivity index (χ1v) is 13.6. The van der Waals surface area contributed by atoms with E-state index in [1.807, 2.05) is 24.3 Å². The van der Waals surface area contributed by atoms with Gasteiger partial charge in [-0.15, -0.1) is 0 Å². The van der Waals surface area contributed by atoms with Gasteiger partial charge in [-0.05, 0) is 44.4 Å². The highest BCUT2D eigenvalue weighted by molar-refractivity contribution is 7.92. The first-order chi connectivity index (χ1) is 16.0. The van der Waals surface area contributed by atoms with Crippen LogP contribution in [0.4, 0.5) is 5.69 Å². The van der Waals surface area contributed by atoms with Gasteiger partial charge in [0.1, 0.15) is 0 Å². The first kappa shape index (κ1) is 23.8. The zero-order valence-corrected chi connectivity index (χ0v) is 21.1. The van der Waals surface area contributed by atoms with Gasteiger partial charge in [-0.1, -0.05) is 45.9 Å². The maximum absolute atomic E-state index is 13.5. The second kappa shape index (κ2) is 9.87. The van der Waals surface area contributed by atoms with E-state index in [1.165, 1.54) is 0 Å². The van der Waals surface area contributed by atoms with Crippen LogP contribution in [0.15, 0.2) is 52.4 Å². The van der Waals surface area contributed by atoms with Crippen molar-refractivity contribution in [1.82, 2.24) is 14.4 Å². The van der Waals surface area contributed by atoms with Crippen LogP contribution in [0.2, 0.25) is 0 Å². The van der Waals surface area contributed by atoms with Gasteiger partial charge in [0, 0.05) is 54.4 Å². The van der Waals surface area contributed by atoms with E-state index < -0.39 is 9.84 Å². The van der Waals surface area contributed by atoms with Crippen LogP contribution in [0.3, 0.4) is 0 Å². The fourth-order valence-corrected chi connectivity index (χ4v) is 6.55. The van der Waals surface area contributed by atoms with Crippen molar-refractivity contribution in [3.63, 3.8) is 0 Å².